The van der Waals surface area contributed by atoms with Gasteiger partial charge in [-0.15, -0.1) is 0 Å². The van der Waals surface area contributed by atoms with E-state index in [1.807, 2.05) is 12.1 Å². The van der Waals surface area contributed by atoms with Gasteiger partial charge in [-0.1, -0.05) is 6.92 Å². The maximum atomic E-state index is 11.2. The van der Waals surface area contributed by atoms with E-state index in [0.29, 0.717) is 12.0 Å². The molecule has 0 spiro atoms. The van der Waals surface area contributed by atoms with Crippen molar-refractivity contribution in [1.29, 1.82) is 5.26 Å². The summed E-state index contributed by atoms with van der Waals surface area (Å²) in [7, 11) is 1.62. The number of rotatable bonds is 5. The van der Waals surface area contributed by atoms with Crippen molar-refractivity contribution in [3.63, 3.8) is 0 Å². The molecule has 0 bridgehead atoms. The molecule has 8 nitrogen and oxygen atoms in total. The van der Waals surface area contributed by atoms with E-state index in [1.165, 1.54) is 12.8 Å². The molecular formula is C21H32N4O4. The fraction of sp³-hybridized carbons (Fsp3) is 0.571. The smallest absolute Gasteiger partial charge is 0.408 e. The van der Waals surface area contributed by atoms with Crippen LogP contribution in [0, 0.1) is 11.3 Å². The quantitative estimate of drug-likeness (QED) is 0.779. The summed E-state index contributed by atoms with van der Waals surface area (Å²) < 4.78 is 10.1. The highest BCUT2D eigenvalue weighted by molar-refractivity contribution is 5.84. The van der Waals surface area contributed by atoms with Crippen LogP contribution in [-0.2, 0) is 9.53 Å². The van der Waals surface area contributed by atoms with Gasteiger partial charge < -0.3 is 25.4 Å². The van der Waals surface area contributed by atoms with E-state index in [4.69, 9.17) is 20.5 Å². The second-order valence-corrected chi connectivity index (χ2v) is 7.70. The summed E-state index contributed by atoms with van der Waals surface area (Å²) in [6.45, 7) is 9.11. The number of benzene rings is 1. The van der Waals surface area contributed by atoms with Crippen molar-refractivity contribution >= 4 is 17.7 Å². The van der Waals surface area contributed by atoms with Crippen LogP contribution in [0.1, 0.15) is 52.5 Å². The summed E-state index contributed by atoms with van der Waals surface area (Å²) in [5.41, 5.74) is 6.22. The van der Waals surface area contributed by atoms with Crippen LogP contribution in [0.2, 0.25) is 0 Å². The number of primary amides is 1. The van der Waals surface area contributed by atoms with Gasteiger partial charge in [-0.25, -0.2) is 4.79 Å². The Morgan fingerprint density at radius 2 is 1.93 bits per heavy atom. The number of carbonyl (C=O) groups is 2. The number of nitriles is 1. The van der Waals surface area contributed by atoms with Crippen LogP contribution in [-0.4, -0.2) is 43.8 Å². The van der Waals surface area contributed by atoms with Crippen molar-refractivity contribution in [2.24, 2.45) is 5.73 Å². The molecule has 160 valence electrons. The molecule has 0 saturated carbocycles. The fourth-order valence-corrected chi connectivity index (χ4v) is 2.79. The van der Waals surface area contributed by atoms with Crippen molar-refractivity contribution < 1.29 is 19.1 Å². The van der Waals surface area contributed by atoms with Crippen molar-refractivity contribution in [3.8, 4) is 11.8 Å². The molecule has 1 saturated heterocycles. The maximum Gasteiger partial charge on any atom is 0.408 e. The number of nitrogens with two attached hydrogens (primary N) is 1. The number of nitrogens with zero attached hydrogens (tertiary/aromatic N) is 2. The Hall–Kier alpha value is -2.95. The number of alkyl carbamates (subject to hydrolysis) is 1. The summed E-state index contributed by atoms with van der Waals surface area (Å²) in [6, 6.07) is 7.25. The lowest BCUT2D eigenvalue weighted by molar-refractivity contribution is -0.120. The van der Waals surface area contributed by atoms with Crippen LogP contribution in [0.25, 0.3) is 0 Å². The Balaban J connectivity index is 0.000000291. The highest BCUT2D eigenvalue weighted by Crippen LogP contribution is 2.27. The molecule has 1 aliphatic heterocycles. The Morgan fingerprint density at radius 1 is 1.31 bits per heavy atom. The third kappa shape index (κ3) is 8.30. The maximum absolute atomic E-state index is 11.2. The number of anilines is 1. The summed E-state index contributed by atoms with van der Waals surface area (Å²) in [6.07, 6.45) is 2.27. The van der Waals surface area contributed by atoms with Gasteiger partial charge >= 0.3 is 6.09 Å². The van der Waals surface area contributed by atoms with Gasteiger partial charge in [0, 0.05) is 13.1 Å². The molecule has 0 aromatic heterocycles. The molecule has 0 unspecified atom stereocenters. The molecule has 8 heteroatoms. The van der Waals surface area contributed by atoms with Crippen LogP contribution in [0.15, 0.2) is 18.2 Å². The number of methoxy groups -OCH3 is 1. The number of hydrogen-bond donors (Lipinski definition) is 2. The second-order valence-electron chi connectivity index (χ2n) is 7.70. The van der Waals surface area contributed by atoms with Crippen LogP contribution in [0.3, 0.4) is 0 Å². The standard InChI is InChI=1S/C12H14N2O.C9H18N2O3/c1-15-11-4-5-12(10(8-11)9-13)14-6-2-3-7-14;1-5-6(7(10)12)11-8(13)14-9(2,3)4/h4-5,8H,2-3,6-7H2,1H3;6H,5H2,1-4H3,(H2,10,12)(H,11,13)/t;6-/m.0/s1. The van der Waals surface area contributed by atoms with Crippen molar-refractivity contribution in [2.75, 3.05) is 25.1 Å². The zero-order valence-electron chi connectivity index (χ0n) is 17.9. The van der Waals surface area contributed by atoms with Crippen LogP contribution < -0.4 is 20.7 Å². The van der Waals surface area contributed by atoms with E-state index >= 15 is 0 Å². The largest absolute Gasteiger partial charge is 0.497 e. The Kier molecular flexibility index (Phi) is 9.26. The summed E-state index contributed by atoms with van der Waals surface area (Å²) in [4.78, 5) is 24.2. The minimum absolute atomic E-state index is 0.453. The predicted molar refractivity (Wildman–Crippen MR) is 112 cm³/mol. The molecule has 29 heavy (non-hydrogen) atoms. The zero-order chi connectivity index (χ0) is 22.0. The van der Waals surface area contributed by atoms with Crippen molar-refractivity contribution in [3.05, 3.63) is 23.8 Å². The number of nitrogens with one attached hydrogen (secondary N) is 1. The molecule has 3 N–H and O–H groups in total. The predicted octanol–water partition coefficient (Wildman–Crippen LogP) is 2.94. The zero-order valence-corrected chi connectivity index (χ0v) is 17.9. The average molecular weight is 405 g/mol. The summed E-state index contributed by atoms with van der Waals surface area (Å²) >= 11 is 0. The monoisotopic (exact) mass is 404 g/mol. The van der Waals surface area contributed by atoms with Gasteiger partial charge in [0.15, 0.2) is 0 Å². The second kappa shape index (κ2) is 11.1. The van der Waals surface area contributed by atoms with Gasteiger partial charge in [-0.05, 0) is 58.2 Å². The Bertz CT molecular complexity index is 731. The first-order valence-electron chi connectivity index (χ1n) is 9.73. The van der Waals surface area contributed by atoms with Gasteiger partial charge in [0.1, 0.15) is 23.5 Å². The molecule has 0 aliphatic carbocycles. The summed E-state index contributed by atoms with van der Waals surface area (Å²) in [5.74, 6) is 0.188. The highest BCUT2D eigenvalue weighted by atomic mass is 16.6. The molecule has 1 fully saturated rings. The molecule has 2 amide bonds. The van der Waals surface area contributed by atoms with Crippen LogP contribution in [0.5, 0.6) is 5.75 Å². The first-order chi connectivity index (χ1) is 13.6. The first kappa shape index (κ1) is 24.1. The third-order valence-electron chi connectivity index (χ3n) is 4.21. The average Bonchev–Trinajstić information content (AvgIpc) is 3.19. The number of hydrogen-bond acceptors (Lipinski definition) is 6. The lowest BCUT2D eigenvalue weighted by Gasteiger charge is -2.21. The van der Waals surface area contributed by atoms with Crippen molar-refractivity contribution in [2.45, 2.75) is 58.6 Å². The van der Waals surface area contributed by atoms with E-state index in [9.17, 15) is 9.59 Å². The molecule has 1 atom stereocenters. The lowest BCUT2D eigenvalue weighted by atomic mass is 10.1. The fourth-order valence-electron chi connectivity index (χ4n) is 2.79. The molecule has 1 aliphatic rings. The SMILES string of the molecule is CC[C@H](NC(=O)OC(C)(C)C)C(N)=O.COc1ccc(N2CCCC2)c(C#N)c1. The summed E-state index contributed by atoms with van der Waals surface area (Å²) in [5, 5.41) is 11.5. The van der Waals surface area contributed by atoms with Gasteiger partial charge in [-0.2, -0.15) is 5.26 Å². The van der Waals surface area contributed by atoms with Crippen LogP contribution >= 0.6 is 0 Å². The van der Waals surface area contributed by atoms with E-state index in [0.717, 1.165) is 24.5 Å². The van der Waals surface area contributed by atoms with E-state index in [-0.39, 0.29) is 0 Å². The normalized spacial score (nSPS) is 14.1. The van der Waals surface area contributed by atoms with E-state index in [2.05, 4.69) is 16.3 Å². The molecular weight excluding hydrogens is 372 g/mol. The van der Waals surface area contributed by atoms with Gasteiger partial charge in [0.05, 0.1) is 18.4 Å². The van der Waals surface area contributed by atoms with Crippen molar-refractivity contribution in [1.82, 2.24) is 5.32 Å². The van der Waals surface area contributed by atoms with E-state index < -0.39 is 23.6 Å². The molecule has 1 aromatic rings. The first-order valence-corrected chi connectivity index (χ1v) is 9.73. The molecule has 1 aromatic carbocycles. The number of ether oxygens (including phenoxy) is 2. The highest BCUT2D eigenvalue weighted by Gasteiger charge is 2.21. The van der Waals surface area contributed by atoms with Gasteiger partial charge in [0.25, 0.3) is 0 Å². The lowest BCUT2D eigenvalue weighted by Crippen LogP contribution is -2.45. The topological polar surface area (TPSA) is 118 Å². The number of carbonyl (C=O) groups excluding carboxylic acids is 2. The minimum atomic E-state index is -0.662. The number of amides is 2. The van der Waals surface area contributed by atoms with Gasteiger partial charge in [0.2, 0.25) is 5.91 Å². The Morgan fingerprint density at radius 3 is 2.38 bits per heavy atom. The van der Waals surface area contributed by atoms with Gasteiger partial charge in [-0.3, -0.25) is 4.79 Å². The molecule has 1 heterocycles. The Labute approximate surface area is 172 Å². The molecule has 0 radical (unpaired) electrons. The third-order valence-corrected chi connectivity index (χ3v) is 4.21. The van der Waals surface area contributed by atoms with E-state index in [1.54, 1.807) is 40.9 Å². The van der Waals surface area contributed by atoms with Crippen LogP contribution in [0.4, 0.5) is 10.5 Å². The molecule has 2 rings (SSSR count). The minimum Gasteiger partial charge on any atom is -0.497 e.